The molecule has 1 heterocycles. The maximum Gasteiger partial charge on any atom is 0.394 e. The number of halogens is 3. The lowest BCUT2D eigenvalue weighted by atomic mass is 9.96. The van der Waals surface area contributed by atoms with E-state index in [1.165, 1.54) is 12.1 Å². The molecule has 3 N–H and O–H groups in total. The number of rotatable bonds is 3. The standard InChI is InChI=1S/C13H12F3N3O5/c14-13(15,16)7-5-18(4-6(7)12(21)22)11(20)10-8(17)2-1-3-9(10)19(23)24/h1-3,6-7H,4-5,17H2,(H,21,22)/t6-,7-/m1/s1. The molecule has 1 aliphatic rings. The Bertz CT molecular complexity index is 707. The van der Waals surface area contributed by atoms with Crippen LogP contribution in [0.15, 0.2) is 18.2 Å². The minimum atomic E-state index is -4.81. The number of hydrogen-bond donors (Lipinski definition) is 2. The lowest BCUT2D eigenvalue weighted by Gasteiger charge is -2.18. The molecule has 0 bridgehead atoms. The first kappa shape index (κ1) is 17.5. The van der Waals surface area contributed by atoms with Gasteiger partial charge in [0.25, 0.3) is 11.6 Å². The first-order chi connectivity index (χ1) is 11.0. The number of benzene rings is 1. The third-order valence-electron chi connectivity index (χ3n) is 3.83. The van der Waals surface area contributed by atoms with Crippen LogP contribution in [0.1, 0.15) is 10.4 Å². The molecule has 0 unspecified atom stereocenters. The molecule has 0 saturated carbocycles. The molecular weight excluding hydrogens is 335 g/mol. The van der Waals surface area contributed by atoms with Crippen LogP contribution < -0.4 is 5.73 Å². The van der Waals surface area contributed by atoms with E-state index in [1.807, 2.05) is 0 Å². The number of carboxylic acids is 1. The number of amides is 1. The summed E-state index contributed by atoms with van der Waals surface area (Å²) in [5, 5.41) is 19.9. The SMILES string of the molecule is Nc1cccc([N+](=O)[O-])c1C(=O)N1C[C@@H](C(F)(F)F)[C@H](C(=O)O)C1. The molecule has 1 aromatic carbocycles. The Labute approximate surface area is 132 Å². The summed E-state index contributed by atoms with van der Waals surface area (Å²) in [4.78, 5) is 34.2. The zero-order valence-electron chi connectivity index (χ0n) is 12.0. The van der Waals surface area contributed by atoms with Crippen LogP contribution in [0.3, 0.4) is 0 Å². The third-order valence-corrected chi connectivity index (χ3v) is 3.83. The summed E-state index contributed by atoms with van der Waals surface area (Å²) in [5.41, 5.74) is 4.09. The molecule has 0 aliphatic carbocycles. The maximum absolute atomic E-state index is 13.0. The summed E-state index contributed by atoms with van der Waals surface area (Å²) in [7, 11) is 0. The molecular formula is C13H12F3N3O5. The number of nitro groups is 1. The van der Waals surface area contributed by atoms with Gasteiger partial charge in [0.15, 0.2) is 0 Å². The summed E-state index contributed by atoms with van der Waals surface area (Å²) in [6.45, 7) is -1.60. The van der Waals surface area contributed by atoms with E-state index in [9.17, 15) is 32.9 Å². The van der Waals surface area contributed by atoms with Gasteiger partial charge in [0.1, 0.15) is 5.56 Å². The molecule has 11 heteroatoms. The van der Waals surface area contributed by atoms with Crippen LogP contribution >= 0.6 is 0 Å². The summed E-state index contributed by atoms with van der Waals surface area (Å²) in [6, 6.07) is 3.43. The first-order valence-corrected chi connectivity index (χ1v) is 6.65. The number of nitrogens with two attached hydrogens (primary N) is 1. The Balaban J connectivity index is 2.39. The van der Waals surface area contributed by atoms with Crippen molar-refractivity contribution >= 4 is 23.3 Å². The van der Waals surface area contributed by atoms with Gasteiger partial charge in [0, 0.05) is 19.2 Å². The van der Waals surface area contributed by atoms with Crippen molar-refractivity contribution < 1.29 is 32.8 Å². The van der Waals surface area contributed by atoms with Crippen LogP contribution in [0.5, 0.6) is 0 Å². The van der Waals surface area contributed by atoms with Gasteiger partial charge in [-0.3, -0.25) is 19.7 Å². The molecule has 24 heavy (non-hydrogen) atoms. The Morgan fingerprint density at radius 1 is 1.33 bits per heavy atom. The van der Waals surface area contributed by atoms with Crippen molar-refractivity contribution in [2.45, 2.75) is 6.18 Å². The van der Waals surface area contributed by atoms with E-state index in [1.54, 1.807) is 0 Å². The summed E-state index contributed by atoms with van der Waals surface area (Å²) >= 11 is 0. The van der Waals surface area contributed by atoms with Crippen LogP contribution in [0.25, 0.3) is 0 Å². The van der Waals surface area contributed by atoms with Gasteiger partial charge in [0.2, 0.25) is 0 Å². The van der Waals surface area contributed by atoms with Gasteiger partial charge in [-0.15, -0.1) is 0 Å². The molecule has 130 valence electrons. The molecule has 1 aliphatic heterocycles. The fourth-order valence-corrected chi connectivity index (χ4v) is 2.65. The van der Waals surface area contributed by atoms with Crippen LogP contribution in [0.4, 0.5) is 24.5 Å². The minimum Gasteiger partial charge on any atom is -0.481 e. The number of nitrogens with zero attached hydrogens (tertiary/aromatic N) is 2. The van der Waals surface area contributed by atoms with Crippen molar-refractivity contribution in [1.29, 1.82) is 0 Å². The number of likely N-dealkylation sites (tertiary alicyclic amines) is 1. The van der Waals surface area contributed by atoms with Crippen LogP contribution in [-0.4, -0.2) is 46.1 Å². The number of nitrogen functional groups attached to an aromatic ring is 1. The van der Waals surface area contributed by atoms with Crippen LogP contribution in [0, 0.1) is 22.0 Å². The Morgan fingerprint density at radius 3 is 2.42 bits per heavy atom. The molecule has 1 amide bonds. The number of aliphatic carboxylic acids is 1. The molecule has 0 radical (unpaired) electrons. The molecule has 0 aromatic heterocycles. The number of anilines is 1. The average molecular weight is 347 g/mol. The van der Waals surface area contributed by atoms with E-state index < -0.39 is 59.2 Å². The van der Waals surface area contributed by atoms with E-state index in [0.29, 0.717) is 4.90 Å². The van der Waals surface area contributed by atoms with Gasteiger partial charge in [-0.2, -0.15) is 13.2 Å². The largest absolute Gasteiger partial charge is 0.481 e. The summed E-state index contributed by atoms with van der Waals surface area (Å²) in [5.74, 6) is -6.87. The molecule has 8 nitrogen and oxygen atoms in total. The van der Waals surface area contributed by atoms with E-state index in [2.05, 4.69) is 0 Å². The predicted molar refractivity (Wildman–Crippen MR) is 74.1 cm³/mol. The van der Waals surface area contributed by atoms with Crippen molar-refractivity contribution in [3.8, 4) is 0 Å². The molecule has 0 spiro atoms. The Hall–Kier alpha value is -2.85. The van der Waals surface area contributed by atoms with Crippen molar-refractivity contribution in [2.24, 2.45) is 11.8 Å². The second kappa shape index (κ2) is 5.98. The van der Waals surface area contributed by atoms with E-state index in [4.69, 9.17) is 10.8 Å². The number of alkyl halides is 3. The second-order valence-corrected chi connectivity index (χ2v) is 5.30. The highest BCUT2D eigenvalue weighted by molar-refractivity contribution is 6.03. The normalized spacial score (nSPS) is 20.9. The Kier molecular flexibility index (Phi) is 4.36. The van der Waals surface area contributed by atoms with Gasteiger partial charge in [-0.05, 0) is 6.07 Å². The Morgan fingerprint density at radius 2 is 1.96 bits per heavy atom. The average Bonchev–Trinajstić information content (AvgIpc) is 2.91. The van der Waals surface area contributed by atoms with Gasteiger partial charge in [0.05, 0.1) is 22.4 Å². The van der Waals surface area contributed by atoms with Gasteiger partial charge >= 0.3 is 12.1 Å². The van der Waals surface area contributed by atoms with Gasteiger partial charge < -0.3 is 15.7 Å². The highest BCUT2D eigenvalue weighted by atomic mass is 19.4. The van der Waals surface area contributed by atoms with Crippen molar-refractivity contribution in [3.05, 3.63) is 33.9 Å². The quantitative estimate of drug-likeness (QED) is 0.485. The lowest BCUT2D eigenvalue weighted by molar-refractivity contribution is -0.385. The summed E-state index contributed by atoms with van der Waals surface area (Å²) in [6.07, 6.45) is -4.81. The van der Waals surface area contributed by atoms with Crippen molar-refractivity contribution in [2.75, 3.05) is 18.8 Å². The number of carbonyl (C=O) groups excluding carboxylic acids is 1. The number of carboxylic acid groups (broad SMARTS) is 1. The smallest absolute Gasteiger partial charge is 0.394 e. The topological polar surface area (TPSA) is 127 Å². The highest BCUT2D eigenvalue weighted by Gasteiger charge is 2.54. The molecule has 2 rings (SSSR count). The van der Waals surface area contributed by atoms with E-state index >= 15 is 0 Å². The van der Waals surface area contributed by atoms with Gasteiger partial charge in [-0.25, -0.2) is 0 Å². The molecule has 1 aromatic rings. The fourth-order valence-electron chi connectivity index (χ4n) is 2.65. The van der Waals surface area contributed by atoms with Crippen molar-refractivity contribution in [3.63, 3.8) is 0 Å². The van der Waals surface area contributed by atoms with Crippen LogP contribution in [0.2, 0.25) is 0 Å². The van der Waals surface area contributed by atoms with Gasteiger partial charge in [-0.1, -0.05) is 6.07 Å². The maximum atomic E-state index is 13.0. The van der Waals surface area contributed by atoms with E-state index in [-0.39, 0.29) is 5.69 Å². The number of nitro benzene ring substituents is 1. The van der Waals surface area contributed by atoms with Crippen LogP contribution in [-0.2, 0) is 4.79 Å². The summed E-state index contributed by atoms with van der Waals surface area (Å²) < 4.78 is 38.9. The second-order valence-electron chi connectivity index (χ2n) is 5.30. The first-order valence-electron chi connectivity index (χ1n) is 6.65. The third kappa shape index (κ3) is 3.09. The minimum absolute atomic E-state index is 0.267. The fraction of sp³-hybridized carbons (Fsp3) is 0.385. The van der Waals surface area contributed by atoms with E-state index in [0.717, 1.165) is 6.07 Å². The molecule has 1 saturated heterocycles. The zero-order valence-corrected chi connectivity index (χ0v) is 12.0. The molecule has 2 atom stereocenters. The monoisotopic (exact) mass is 347 g/mol. The van der Waals surface area contributed by atoms with Crippen molar-refractivity contribution in [1.82, 2.24) is 4.90 Å². The number of hydrogen-bond acceptors (Lipinski definition) is 5. The predicted octanol–water partition coefficient (Wildman–Crippen LogP) is 1.51. The number of carbonyl (C=O) groups is 2. The zero-order chi connectivity index (χ0) is 18.2. The lowest BCUT2D eigenvalue weighted by Crippen LogP contribution is -2.34. The highest BCUT2D eigenvalue weighted by Crippen LogP contribution is 2.39. The molecule has 1 fully saturated rings.